The summed E-state index contributed by atoms with van der Waals surface area (Å²) < 4.78 is 16.1. The average Bonchev–Trinajstić information content (AvgIpc) is 2.49. The van der Waals surface area contributed by atoms with Gasteiger partial charge in [0.15, 0.2) is 0 Å². The van der Waals surface area contributed by atoms with Crippen molar-refractivity contribution in [2.45, 2.75) is 50.7 Å². The van der Waals surface area contributed by atoms with Crippen LogP contribution in [0.4, 0.5) is 0 Å². The van der Waals surface area contributed by atoms with Gasteiger partial charge in [0, 0.05) is 13.5 Å². The molecule has 0 heterocycles. The zero-order chi connectivity index (χ0) is 14.7. The van der Waals surface area contributed by atoms with E-state index in [1.807, 2.05) is 0 Å². The third-order valence-electron chi connectivity index (χ3n) is 3.65. The molecular weight excluding hydrogens is 256 g/mol. The lowest BCUT2D eigenvalue weighted by atomic mass is 9.81. The fraction of sp³-hybridized carbons (Fsp3) is 0.933. The largest absolute Gasteiger partial charge is 0.382 e. The van der Waals surface area contributed by atoms with Crippen LogP contribution in [0.25, 0.3) is 0 Å². The fourth-order valence-electron chi connectivity index (χ4n) is 2.55. The summed E-state index contributed by atoms with van der Waals surface area (Å²) in [5.74, 6) is 0. The van der Waals surface area contributed by atoms with Gasteiger partial charge in [-0.05, 0) is 32.2 Å². The Hall–Kier alpha value is -0.670. The molecule has 0 spiro atoms. The van der Waals surface area contributed by atoms with Gasteiger partial charge in [-0.15, -0.1) is 0 Å². The van der Waals surface area contributed by atoms with Crippen molar-refractivity contribution < 1.29 is 14.2 Å². The van der Waals surface area contributed by atoms with Gasteiger partial charge in [-0.3, -0.25) is 5.32 Å². The highest BCUT2D eigenvalue weighted by Gasteiger charge is 2.36. The summed E-state index contributed by atoms with van der Waals surface area (Å²) in [4.78, 5) is 0. The zero-order valence-corrected chi connectivity index (χ0v) is 12.8. The van der Waals surface area contributed by atoms with Gasteiger partial charge < -0.3 is 14.2 Å². The predicted octanol–water partition coefficient (Wildman–Crippen LogP) is 1.87. The van der Waals surface area contributed by atoms with E-state index in [1.54, 1.807) is 7.11 Å². The lowest BCUT2D eigenvalue weighted by Crippen LogP contribution is -2.49. The van der Waals surface area contributed by atoms with Crippen LogP contribution in [0, 0.1) is 11.3 Å². The molecule has 2 atom stereocenters. The number of rotatable bonds is 10. The first-order valence-electron chi connectivity index (χ1n) is 7.61. The van der Waals surface area contributed by atoms with Crippen molar-refractivity contribution in [3.05, 3.63) is 0 Å². The van der Waals surface area contributed by atoms with Crippen molar-refractivity contribution in [3.63, 3.8) is 0 Å². The summed E-state index contributed by atoms with van der Waals surface area (Å²) in [6, 6.07) is 2.46. The van der Waals surface area contributed by atoms with E-state index in [2.05, 4.69) is 18.3 Å². The monoisotopic (exact) mass is 284 g/mol. The number of hydrogen-bond donors (Lipinski definition) is 1. The number of methoxy groups -OCH3 is 1. The van der Waals surface area contributed by atoms with Gasteiger partial charge >= 0.3 is 0 Å². The van der Waals surface area contributed by atoms with E-state index < -0.39 is 5.54 Å². The van der Waals surface area contributed by atoms with Crippen LogP contribution < -0.4 is 5.32 Å². The molecule has 1 aliphatic rings. The number of nitriles is 1. The second-order valence-electron chi connectivity index (χ2n) is 5.32. The first-order valence-corrected chi connectivity index (χ1v) is 7.61. The number of hydrogen-bond acceptors (Lipinski definition) is 5. The van der Waals surface area contributed by atoms with Gasteiger partial charge in [0.05, 0.1) is 38.6 Å². The van der Waals surface area contributed by atoms with Crippen molar-refractivity contribution in [2.24, 2.45) is 0 Å². The lowest BCUT2D eigenvalue weighted by Gasteiger charge is -2.36. The summed E-state index contributed by atoms with van der Waals surface area (Å²) in [5.41, 5.74) is -0.393. The van der Waals surface area contributed by atoms with Crippen LogP contribution in [0.3, 0.4) is 0 Å². The Bertz CT molecular complexity index is 293. The SMILES string of the molecule is CCCNC1(C#N)CCCC(OCCOCCOC)C1. The molecule has 0 aromatic heterocycles. The van der Waals surface area contributed by atoms with Crippen molar-refractivity contribution in [1.29, 1.82) is 5.26 Å². The predicted molar refractivity (Wildman–Crippen MR) is 77.5 cm³/mol. The van der Waals surface area contributed by atoms with Crippen molar-refractivity contribution in [1.82, 2.24) is 5.32 Å². The number of nitrogens with one attached hydrogen (secondary N) is 1. The van der Waals surface area contributed by atoms with Crippen LogP contribution in [0.5, 0.6) is 0 Å². The number of ether oxygens (including phenoxy) is 3. The Labute approximate surface area is 122 Å². The van der Waals surface area contributed by atoms with E-state index in [4.69, 9.17) is 14.2 Å². The maximum absolute atomic E-state index is 9.45. The molecule has 0 aromatic carbocycles. The second-order valence-corrected chi connectivity index (χ2v) is 5.32. The number of nitrogens with zero attached hydrogens (tertiary/aromatic N) is 1. The topological polar surface area (TPSA) is 63.5 Å². The molecule has 1 N–H and O–H groups in total. The summed E-state index contributed by atoms with van der Waals surface area (Å²) in [7, 11) is 1.66. The van der Waals surface area contributed by atoms with Crippen molar-refractivity contribution in [2.75, 3.05) is 40.1 Å². The van der Waals surface area contributed by atoms with E-state index in [-0.39, 0.29) is 6.10 Å². The average molecular weight is 284 g/mol. The quantitative estimate of drug-likeness (QED) is 0.620. The van der Waals surface area contributed by atoms with Gasteiger partial charge in [0.25, 0.3) is 0 Å². The smallest absolute Gasteiger partial charge is 0.109 e. The maximum Gasteiger partial charge on any atom is 0.109 e. The standard InChI is InChI=1S/C15H28N2O3/c1-3-7-17-15(13-16)6-4-5-14(12-15)20-11-10-19-9-8-18-2/h14,17H,3-12H2,1-2H3. The third kappa shape index (κ3) is 6.19. The highest BCUT2D eigenvalue weighted by Crippen LogP contribution is 2.29. The van der Waals surface area contributed by atoms with E-state index in [0.717, 1.165) is 38.6 Å². The van der Waals surface area contributed by atoms with E-state index in [0.29, 0.717) is 26.4 Å². The molecule has 0 bridgehead atoms. The van der Waals surface area contributed by atoms with Gasteiger partial charge in [0.2, 0.25) is 0 Å². The molecular formula is C15H28N2O3. The van der Waals surface area contributed by atoms with Crippen LogP contribution in [0.15, 0.2) is 0 Å². The van der Waals surface area contributed by atoms with Crippen LogP contribution >= 0.6 is 0 Å². The Kier molecular flexibility index (Phi) is 8.79. The highest BCUT2D eigenvalue weighted by molar-refractivity contribution is 5.10. The Morgan fingerprint density at radius 2 is 2.10 bits per heavy atom. The molecule has 2 unspecified atom stereocenters. The first kappa shape index (κ1) is 17.4. The van der Waals surface area contributed by atoms with Crippen LogP contribution in [0.2, 0.25) is 0 Å². The highest BCUT2D eigenvalue weighted by atomic mass is 16.5. The van der Waals surface area contributed by atoms with Gasteiger partial charge in [0.1, 0.15) is 5.54 Å². The Morgan fingerprint density at radius 1 is 1.30 bits per heavy atom. The molecule has 116 valence electrons. The van der Waals surface area contributed by atoms with Crippen molar-refractivity contribution in [3.8, 4) is 6.07 Å². The minimum absolute atomic E-state index is 0.166. The molecule has 5 nitrogen and oxygen atoms in total. The van der Waals surface area contributed by atoms with E-state index in [9.17, 15) is 5.26 Å². The molecule has 0 saturated heterocycles. The summed E-state index contributed by atoms with van der Waals surface area (Å²) in [5, 5.41) is 12.8. The zero-order valence-electron chi connectivity index (χ0n) is 12.8. The van der Waals surface area contributed by atoms with Crippen molar-refractivity contribution >= 4 is 0 Å². The van der Waals surface area contributed by atoms with Crippen LogP contribution in [-0.2, 0) is 14.2 Å². The molecule has 0 radical (unpaired) electrons. The minimum Gasteiger partial charge on any atom is -0.382 e. The Morgan fingerprint density at radius 3 is 2.80 bits per heavy atom. The van der Waals surface area contributed by atoms with E-state index in [1.165, 1.54) is 0 Å². The third-order valence-corrected chi connectivity index (χ3v) is 3.65. The molecule has 20 heavy (non-hydrogen) atoms. The molecule has 0 aliphatic heterocycles. The summed E-state index contributed by atoms with van der Waals surface area (Å²) in [6.07, 6.45) is 4.99. The molecule has 5 heteroatoms. The molecule has 1 fully saturated rings. The fourth-order valence-corrected chi connectivity index (χ4v) is 2.55. The van der Waals surface area contributed by atoms with Crippen LogP contribution in [-0.4, -0.2) is 51.7 Å². The normalized spacial score (nSPS) is 26.4. The van der Waals surface area contributed by atoms with Gasteiger partial charge in [-0.2, -0.15) is 5.26 Å². The molecule has 1 saturated carbocycles. The molecule has 1 aliphatic carbocycles. The lowest BCUT2D eigenvalue weighted by molar-refractivity contribution is -0.0283. The molecule has 0 aromatic rings. The molecule has 0 amide bonds. The van der Waals surface area contributed by atoms with Gasteiger partial charge in [-0.1, -0.05) is 6.92 Å². The van der Waals surface area contributed by atoms with Crippen LogP contribution in [0.1, 0.15) is 39.0 Å². The van der Waals surface area contributed by atoms with Gasteiger partial charge in [-0.25, -0.2) is 0 Å². The Balaban J connectivity index is 2.24. The summed E-state index contributed by atoms with van der Waals surface area (Å²) >= 11 is 0. The second kappa shape index (κ2) is 10.1. The minimum atomic E-state index is -0.393. The molecule has 1 rings (SSSR count). The maximum atomic E-state index is 9.45. The summed E-state index contributed by atoms with van der Waals surface area (Å²) in [6.45, 7) is 5.39. The van der Waals surface area contributed by atoms with E-state index >= 15 is 0 Å². The first-order chi connectivity index (χ1) is 9.76.